The van der Waals surface area contributed by atoms with Crippen LogP contribution >= 0.6 is 0 Å². The van der Waals surface area contributed by atoms with Crippen LogP contribution in [0.1, 0.15) is 19.8 Å². The Morgan fingerprint density at radius 1 is 1.38 bits per heavy atom. The van der Waals surface area contributed by atoms with Crippen LogP contribution in [0.4, 0.5) is 4.79 Å². The zero-order valence-corrected chi connectivity index (χ0v) is 7.63. The largest absolute Gasteiger partial charge is 0.412 e. The van der Waals surface area contributed by atoms with Gasteiger partial charge in [0.2, 0.25) is 0 Å². The highest BCUT2D eigenvalue weighted by atomic mass is 16.6. The predicted molar refractivity (Wildman–Crippen MR) is 45.9 cm³/mol. The summed E-state index contributed by atoms with van der Waals surface area (Å²) < 4.78 is 4.36. The Labute approximate surface area is 76.6 Å². The molecule has 1 saturated heterocycles. The van der Waals surface area contributed by atoms with Crippen LogP contribution in [0.15, 0.2) is 0 Å². The molecule has 0 aromatic heterocycles. The van der Waals surface area contributed by atoms with Gasteiger partial charge >= 0.3 is 12.1 Å². The lowest BCUT2D eigenvalue weighted by Crippen LogP contribution is -2.42. The van der Waals surface area contributed by atoms with Crippen LogP contribution in [0.2, 0.25) is 0 Å². The number of piperidine rings is 1. The fourth-order valence-electron chi connectivity index (χ4n) is 1.40. The number of hydrogen-bond donors (Lipinski definition) is 2. The first-order chi connectivity index (χ1) is 6.04. The van der Waals surface area contributed by atoms with E-state index in [-0.39, 0.29) is 0 Å². The van der Waals surface area contributed by atoms with Crippen LogP contribution in [0.25, 0.3) is 0 Å². The van der Waals surface area contributed by atoms with Gasteiger partial charge in [0.15, 0.2) is 0 Å². The van der Waals surface area contributed by atoms with Gasteiger partial charge < -0.3 is 15.8 Å². The van der Waals surface area contributed by atoms with Crippen molar-refractivity contribution in [2.75, 3.05) is 13.1 Å². The van der Waals surface area contributed by atoms with Gasteiger partial charge in [-0.3, -0.25) is 4.79 Å². The molecular formula is C8H14N2O3. The number of nitrogens with two attached hydrogens (primary N) is 1. The quantitative estimate of drug-likeness (QED) is 0.446. The first kappa shape index (κ1) is 9.98. The monoisotopic (exact) mass is 186 g/mol. The standard InChI is InChI=1S/C8H14N2O3/c1-8(2-4-10-5-3-8)6(11)13-7(9)12/h10H,2-5H2,1H3,(H2,9,12). The number of carbonyl (C=O) groups excluding carboxylic acids is 2. The maximum atomic E-state index is 11.4. The summed E-state index contributed by atoms with van der Waals surface area (Å²) >= 11 is 0. The number of nitrogens with one attached hydrogen (secondary N) is 1. The third-order valence-corrected chi connectivity index (χ3v) is 2.39. The Bertz CT molecular complexity index is 221. The van der Waals surface area contributed by atoms with Gasteiger partial charge in [-0.15, -0.1) is 0 Å². The van der Waals surface area contributed by atoms with Gasteiger partial charge in [-0.25, -0.2) is 4.79 Å². The predicted octanol–water partition coefficient (Wildman–Crippen LogP) is -0.00200. The van der Waals surface area contributed by atoms with Gasteiger partial charge in [-0.05, 0) is 32.9 Å². The fourth-order valence-corrected chi connectivity index (χ4v) is 1.40. The Morgan fingerprint density at radius 3 is 2.38 bits per heavy atom. The van der Waals surface area contributed by atoms with Crippen molar-refractivity contribution in [2.24, 2.45) is 11.1 Å². The molecule has 74 valence electrons. The van der Waals surface area contributed by atoms with Crippen LogP contribution < -0.4 is 11.1 Å². The molecule has 0 aromatic rings. The number of primary amides is 1. The molecule has 0 saturated carbocycles. The second kappa shape index (κ2) is 3.74. The number of hydrogen-bond acceptors (Lipinski definition) is 4. The SMILES string of the molecule is CC1(C(=O)OC(N)=O)CCNCC1. The molecule has 1 heterocycles. The van der Waals surface area contributed by atoms with Crippen LogP contribution in [-0.2, 0) is 9.53 Å². The van der Waals surface area contributed by atoms with Crippen LogP contribution in [-0.4, -0.2) is 25.2 Å². The molecule has 1 aliphatic heterocycles. The van der Waals surface area contributed by atoms with E-state index in [9.17, 15) is 9.59 Å². The van der Waals surface area contributed by atoms with Crippen LogP contribution in [0.5, 0.6) is 0 Å². The third-order valence-electron chi connectivity index (χ3n) is 2.39. The van der Waals surface area contributed by atoms with Crippen molar-refractivity contribution in [2.45, 2.75) is 19.8 Å². The molecule has 3 N–H and O–H groups in total. The molecule has 0 aliphatic carbocycles. The van der Waals surface area contributed by atoms with E-state index < -0.39 is 17.5 Å². The average Bonchev–Trinajstić information content (AvgIpc) is 2.04. The topological polar surface area (TPSA) is 81.4 Å². The molecule has 1 aliphatic rings. The van der Waals surface area contributed by atoms with Crippen molar-refractivity contribution >= 4 is 12.1 Å². The van der Waals surface area contributed by atoms with Gasteiger partial charge in [0.1, 0.15) is 0 Å². The fraction of sp³-hybridized carbons (Fsp3) is 0.750. The van der Waals surface area contributed by atoms with Crippen molar-refractivity contribution in [1.82, 2.24) is 5.32 Å². The first-order valence-electron chi connectivity index (χ1n) is 4.27. The number of ether oxygens (including phenoxy) is 1. The highest BCUT2D eigenvalue weighted by Gasteiger charge is 2.36. The van der Waals surface area contributed by atoms with E-state index in [0.717, 1.165) is 13.1 Å². The minimum absolute atomic E-state index is 0.512. The van der Waals surface area contributed by atoms with Gasteiger partial charge in [0.05, 0.1) is 5.41 Å². The lowest BCUT2D eigenvalue weighted by Gasteiger charge is -2.30. The molecule has 1 fully saturated rings. The van der Waals surface area contributed by atoms with Crippen LogP contribution in [0.3, 0.4) is 0 Å². The van der Waals surface area contributed by atoms with E-state index in [2.05, 4.69) is 10.1 Å². The van der Waals surface area contributed by atoms with Gasteiger partial charge in [0, 0.05) is 0 Å². The summed E-state index contributed by atoms with van der Waals surface area (Å²) in [5, 5.41) is 3.12. The van der Waals surface area contributed by atoms with E-state index in [1.54, 1.807) is 6.92 Å². The van der Waals surface area contributed by atoms with Crippen LogP contribution in [0, 0.1) is 5.41 Å². The number of amides is 1. The first-order valence-corrected chi connectivity index (χ1v) is 4.27. The van der Waals surface area contributed by atoms with Crippen molar-refractivity contribution in [3.05, 3.63) is 0 Å². The van der Waals surface area contributed by atoms with Crippen molar-refractivity contribution in [1.29, 1.82) is 0 Å². The second-order valence-electron chi connectivity index (χ2n) is 3.52. The van der Waals surface area contributed by atoms with E-state index >= 15 is 0 Å². The molecule has 0 radical (unpaired) electrons. The Balaban J connectivity index is 2.56. The summed E-state index contributed by atoms with van der Waals surface area (Å²) in [4.78, 5) is 21.7. The maximum Gasteiger partial charge on any atom is 0.412 e. The van der Waals surface area contributed by atoms with Gasteiger partial charge in [-0.2, -0.15) is 0 Å². The van der Waals surface area contributed by atoms with Crippen molar-refractivity contribution in [3.8, 4) is 0 Å². The summed E-state index contributed by atoms with van der Waals surface area (Å²) in [7, 11) is 0. The average molecular weight is 186 g/mol. The molecule has 0 unspecified atom stereocenters. The molecule has 0 atom stereocenters. The highest BCUT2D eigenvalue weighted by Crippen LogP contribution is 2.29. The normalized spacial score (nSPS) is 20.7. The smallest absolute Gasteiger partial charge is 0.376 e. The van der Waals surface area contributed by atoms with Crippen molar-refractivity contribution < 1.29 is 14.3 Å². The molecule has 5 heteroatoms. The Morgan fingerprint density at radius 2 is 1.92 bits per heavy atom. The lowest BCUT2D eigenvalue weighted by molar-refractivity contribution is -0.149. The molecule has 1 amide bonds. The molecule has 0 aromatic carbocycles. The second-order valence-corrected chi connectivity index (χ2v) is 3.52. The number of rotatable bonds is 1. The molecule has 13 heavy (non-hydrogen) atoms. The zero-order chi connectivity index (χ0) is 9.90. The molecule has 0 spiro atoms. The number of carbonyl (C=O) groups is 2. The minimum Gasteiger partial charge on any atom is -0.376 e. The Hall–Kier alpha value is -1.10. The maximum absolute atomic E-state index is 11.4. The van der Waals surface area contributed by atoms with E-state index in [1.807, 2.05) is 0 Å². The molecule has 1 rings (SSSR count). The van der Waals surface area contributed by atoms with E-state index in [0.29, 0.717) is 12.8 Å². The number of esters is 1. The van der Waals surface area contributed by atoms with Gasteiger partial charge in [-0.1, -0.05) is 0 Å². The van der Waals surface area contributed by atoms with Gasteiger partial charge in [0.25, 0.3) is 0 Å². The van der Waals surface area contributed by atoms with E-state index in [1.165, 1.54) is 0 Å². The highest BCUT2D eigenvalue weighted by molar-refractivity contribution is 5.87. The lowest BCUT2D eigenvalue weighted by atomic mass is 9.81. The Kier molecular flexibility index (Phi) is 2.87. The van der Waals surface area contributed by atoms with E-state index in [4.69, 9.17) is 5.73 Å². The third kappa shape index (κ3) is 2.42. The molecule has 5 nitrogen and oxygen atoms in total. The summed E-state index contributed by atoms with van der Waals surface area (Å²) in [6, 6.07) is 0. The summed E-state index contributed by atoms with van der Waals surface area (Å²) in [6.45, 7) is 3.33. The van der Waals surface area contributed by atoms with Crippen molar-refractivity contribution in [3.63, 3.8) is 0 Å². The molecular weight excluding hydrogens is 172 g/mol. The summed E-state index contributed by atoms with van der Waals surface area (Å²) in [5.41, 5.74) is 4.21. The summed E-state index contributed by atoms with van der Waals surface area (Å²) in [5.74, 6) is -0.512. The summed E-state index contributed by atoms with van der Waals surface area (Å²) in [6.07, 6.45) is 0.336. The molecule has 0 bridgehead atoms. The zero-order valence-electron chi connectivity index (χ0n) is 7.63. The minimum atomic E-state index is -1.02.